The summed E-state index contributed by atoms with van der Waals surface area (Å²) in [6, 6.07) is 12.1. The van der Waals surface area contributed by atoms with Crippen molar-refractivity contribution in [1.29, 1.82) is 0 Å². The van der Waals surface area contributed by atoms with Gasteiger partial charge in [0, 0.05) is 25.1 Å². The van der Waals surface area contributed by atoms with Crippen LogP contribution < -0.4 is 0 Å². The van der Waals surface area contributed by atoms with E-state index in [1.165, 1.54) is 5.56 Å². The molecule has 1 aromatic heterocycles. The third-order valence-electron chi connectivity index (χ3n) is 3.85. The summed E-state index contributed by atoms with van der Waals surface area (Å²) in [5.41, 5.74) is 2.28. The van der Waals surface area contributed by atoms with Crippen LogP contribution in [0.25, 0.3) is 11.3 Å². The maximum absolute atomic E-state index is 12.0. The molecule has 0 N–H and O–H groups in total. The van der Waals surface area contributed by atoms with Gasteiger partial charge in [-0.05, 0) is 37.0 Å². The number of carbonyl (C=O) groups excluding carboxylic acids is 1. The lowest BCUT2D eigenvalue weighted by atomic mass is 10.1. The highest BCUT2D eigenvalue weighted by molar-refractivity contribution is 5.76. The molecule has 1 aliphatic rings. The molecule has 0 spiro atoms. The Balaban J connectivity index is 1.57. The van der Waals surface area contributed by atoms with Gasteiger partial charge >= 0.3 is 0 Å². The van der Waals surface area contributed by atoms with Gasteiger partial charge in [-0.3, -0.25) is 4.79 Å². The minimum Gasteiger partial charge on any atom is -0.464 e. The smallest absolute Gasteiger partial charge is 0.222 e. The van der Waals surface area contributed by atoms with Gasteiger partial charge in [-0.2, -0.15) is 0 Å². The Morgan fingerprint density at radius 2 is 1.85 bits per heavy atom. The number of likely N-dealkylation sites (tertiary alicyclic amines) is 1. The Bertz CT molecular complexity index is 551. The van der Waals surface area contributed by atoms with Crippen LogP contribution in [0.3, 0.4) is 0 Å². The average molecular weight is 269 g/mol. The van der Waals surface area contributed by atoms with Crippen molar-refractivity contribution in [3.8, 4) is 11.3 Å². The SMILES string of the molecule is O=C(CCc1ccc(-c2ccco2)cc1)N1CCCC1. The number of hydrogen-bond acceptors (Lipinski definition) is 2. The Labute approximate surface area is 119 Å². The number of carbonyl (C=O) groups is 1. The molecule has 3 nitrogen and oxygen atoms in total. The van der Waals surface area contributed by atoms with Gasteiger partial charge in [-0.15, -0.1) is 0 Å². The normalized spacial score (nSPS) is 14.7. The first-order chi connectivity index (χ1) is 9.83. The van der Waals surface area contributed by atoms with Gasteiger partial charge in [-0.25, -0.2) is 0 Å². The number of benzene rings is 1. The summed E-state index contributed by atoms with van der Waals surface area (Å²) in [4.78, 5) is 14.0. The van der Waals surface area contributed by atoms with Crippen LogP contribution in [0.1, 0.15) is 24.8 Å². The van der Waals surface area contributed by atoms with Crippen LogP contribution in [0.4, 0.5) is 0 Å². The monoisotopic (exact) mass is 269 g/mol. The van der Waals surface area contributed by atoms with Crippen molar-refractivity contribution in [2.75, 3.05) is 13.1 Å². The topological polar surface area (TPSA) is 33.5 Å². The van der Waals surface area contributed by atoms with Crippen LogP contribution >= 0.6 is 0 Å². The number of amides is 1. The quantitative estimate of drug-likeness (QED) is 0.851. The minimum absolute atomic E-state index is 0.289. The largest absolute Gasteiger partial charge is 0.464 e. The van der Waals surface area contributed by atoms with Gasteiger partial charge in [0.1, 0.15) is 5.76 Å². The molecule has 2 aromatic rings. The standard InChI is InChI=1S/C17H19NO2/c19-17(18-11-1-2-12-18)10-7-14-5-8-15(9-6-14)16-4-3-13-20-16/h3-6,8-9,13H,1-2,7,10-12H2. The van der Waals surface area contributed by atoms with Crippen molar-refractivity contribution in [3.63, 3.8) is 0 Å². The van der Waals surface area contributed by atoms with Crippen molar-refractivity contribution < 1.29 is 9.21 Å². The number of aryl methyl sites for hydroxylation is 1. The van der Waals surface area contributed by atoms with Crippen LogP contribution in [-0.4, -0.2) is 23.9 Å². The van der Waals surface area contributed by atoms with E-state index in [9.17, 15) is 4.79 Å². The van der Waals surface area contributed by atoms with E-state index in [0.29, 0.717) is 6.42 Å². The van der Waals surface area contributed by atoms with E-state index in [0.717, 1.165) is 43.7 Å². The highest BCUT2D eigenvalue weighted by Gasteiger charge is 2.17. The predicted octanol–water partition coefficient (Wildman–Crippen LogP) is 3.50. The van der Waals surface area contributed by atoms with E-state index in [4.69, 9.17) is 4.42 Å². The van der Waals surface area contributed by atoms with Crippen molar-refractivity contribution in [1.82, 2.24) is 4.90 Å². The molecule has 1 aromatic carbocycles. The Hall–Kier alpha value is -2.03. The van der Waals surface area contributed by atoms with E-state index < -0.39 is 0 Å². The fourth-order valence-corrected chi connectivity index (χ4v) is 2.65. The zero-order valence-electron chi connectivity index (χ0n) is 11.5. The molecule has 0 aliphatic carbocycles. The molecule has 104 valence electrons. The van der Waals surface area contributed by atoms with Gasteiger partial charge in [0.05, 0.1) is 6.26 Å². The molecule has 0 radical (unpaired) electrons. The zero-order valence-corrected chi connectivity index (χ0v) is 11.5. The number of hydrogen-bond donors (Lipinski definition) is 0. The maximum atomic E-state index is 12.0. The molecule has 3 rings (SSSR count). The second-order valence-electron chi connectivity index (χ2n) is 5.26. The van der Waals surface area contributed by atoms with Crippen LogP contribution in [0.5, 0.6) is 0 Å². The molecule has 2 heterocycles. The Morgan fingerprint density at radius 1 is 1.10 bits per heavy atom. The summed E-state index contributed by atoms with van der Waals surface area (Å²) < 4.78 is 5.36. The molecule has 1 saturated heterocycles. The summed E-state index contributed by atoms with van der Waals surface area (Å²) in [7, 11) is 0. The second kappa shape index (κ2) is 5.95. The van der Waals surface area contributed by atoms with Crippen LogP contribution in [0.2, 0.25) is 0 Å². The molecule has 0 unspecified atom stereocenters. The molecule has 1 fully saturated rings. The summed E-state index contributed by atoms with van der Waals surface area (Å²) in [5, 5.41) is 0. The van der Waals surface area contributed by atoms with E-state index >= 15 is 0 Å². The maximum Gasteiger partial charge on any atom is 0.222 e. The molecule has 20 heavy (non-hydrogen) atoms. The number of furan rings is 1. The lowest BCUT2D eigenvalue weighted by Crippen LogP contribution is -2.27. The van der Waals surface area contributed by atoms with E-state index in [-0.39, 0.29) is 5.91 Å². The Morgan fingerprint density at radius 3 is 2.50 bits per heavy atom. The molecular formula is C17H19NO2. The van der Waals surface area contributed by atoms with E-state index in [1.54, 1.807) is 6.26 Å². The van der Waals surface area contributed by atoms with Gasteiger partial charge in [0.15, 0.2) is 0 Å². The van der Waals surface area contributed by atoms with Crippen molar-refractivity contribution >= 4 is 5.91 Å². The second-order valence-corrected chi connectivity index (χ2v) is 5.26. The fraction of sp³-hybridized carbons (Fsp3) is 0.353. The molecule has 0 atom stereocenters. The third-order valence-corrected chi connectivity index (χ3v) is 3.85. The molecule has 0 bridgehead atoms. The molecular weight excluding hydrogens is 250 g/mol. The summed E-state index contributed by atoms with van der Waals surface area (Å²) in [6.45, 7) is 1.88. The summed E-state index contributed by atoms with van der Waals surface area (Å²) >= 11 is 0. The lowest BCUT2D eigenvalue weighted by Gasteiger charge is -2.14. The summed E-state index contributed by atoms with van der Waals surface area (Å²) in [6.07, 6.45) is 5.42. The molecule has 1 amide bonds. The van der Waals surface area contributed by atoms with Crippen molar-refractivity contribution in [2.45, 2.75) is 25.7 Å². The number of rotatable bonds is 4. The highest BCUT2D eigenvalue weighted by atomic mass is 16.3. The Kier molecular flexibility index (Phi) is 3.86. The first-order valence-corrected chi connectivity index (χ1v) is 7.23. The minimum atomic E-state index is 0.289. The van der Waals surface area contributed by atoms with Crippen LogP contribution in [-0.2, 0) is 11.2 Å². The molecule has 0 saturated carbocycles. The van der Waals surface area contributed by atoms with E-state index in [1.807, 2.05) is 17.0 Å². The average Bonchev–Trinajstić information content (AvgIpc) is 3.18. The number of nitrogens with zero attached hydrogens (tertiary/aromatic N) is 1. The highest BCUT2D eigenvalue weighted by Crippen LogP contribution is 2.20. The molecule has 3 heteroatoms. The van der Waals surface area contributed by atoms with Gasteiger partial charge in [0.25, 0.3) is 0 Å². The van der Waals surface area contributed by atoms with Crippen LogP contribution in [0.15, 0.2) is 47.1 Å². The van der Waals surface area contributed by atoms with Gasteiger partial charge in [0.2, 0.25) is 5.91 Å². The fourth-order valence-electron chi connectivity index (χ4n) is 2.65. The first-order valence-electron chi connectivity index (χ1n) is 7.23. The summed E-state index contributed by atoms with van der Waals surface area (Å²) in [5.74, 6) is 1.17. The molecule has 1 aliphatic heterocycles. The van der Waals surface area contributed by atoms with Crippen molar-refractivity contribution in [2.24, 2.45) is 0 Å². The zero-order chi connectivity index (χ0) is 13.8. The van der Waals surface area contributed by atoms with Crippen LogP contribution in [0, 0.1) is 0 Å². The van der Waals surface area contributed by atoms with E-state index in [2.05, 4.69) is 24.3 Å². The third kappa shape index (κ3) is 2.93. The van der Waals surface area contributed by atoms with Gasteiger partial charge in [-0.1, -0.05) is 24.3 Å². The van der Waals surface area contributed by atoms with Crippen molar-refractivity contribution in [3.05, 3.63) is 48.2 Å². The first kappa shape index (κ1) is 13.0. The predicted molar refractivity (Wildman–Crippen MR) is 78.3 cm³/mol. The lowest BCUT2D eigenvalue weighted by molar-refractivity contribution is -0.130. The van der Waals surface area contributed by atoms with Gasteiger partial charge < -0.3 is 9.32 Å².